The smallest absolute Gasteiger partial charge is 0.133 e. The first-order valence-corrected chi connectivity index (χ1v) is 7.94. The van der Waals surface area contributed by atoms with E-state index in [1.165, 1.54) is 9.75 Å². The summed E-state index contributed by atoms with van der Waals surface area (Å²) in [4.78, 5) is 7.21. The van der Waals surface area contributed by atoms with Crippen LogP contribution in [0.5, 0.6) is 0 Å². The second-order valence-electron chi connectivity index (χ2n) is 4.17. The standard InChI is InChI=1S/C12H15BrN2S2/c1-7(2)14-6-10-8(3)15-12(17-10)9-4-5-11(13)16-9/h4-5,7,14H,6H2,1-3H3. The Bertz CT molecular complexity index is 502. The Balaban J connectivity index is 2.18. The molecule has 2 rings (SSSR count). The Kier molecular flexibility index (Phi) is 4.36. The van der Waals surface area contributed by atoms with Crippen LogP contribution in [0.15, 0.2) is 15.9 Å². The lowest BCUT2D eigenvalue weighted by Gasteiger charge is -2.05. The van der Waals surface area contributed by atoms with Crippen molar-refractivity contribution >= 4 is 38.6 Å². The second-order valence-corrected chi connectivity index (χ2v) is 7.71. The van der Waals surface area contributed by atoms with E-state index < -0.39 is 0 Å². The molecule has 2 nitrogen and oxygen atoms in total. The molecule has 0 saturated heterocycles. The van der Waals surface area contributed by atoms with Crippen LogP contribution >= 0.6 is 38.6 Å². The summed E-state index contributed by atoms with van der Waals surface area (Å²) >= 11 is 7.00. The number of thiophene rings is 1. The summed E-state index contributed by atoms with van der Waals surface area (Å²) < 4.78 is 1.15. The second kappa shape index (κ2) is 5.61. The number of hydrogen-bond donors (Lipinski definition) is 1. The maximum absolute atomic E-state index is 4.64. The highest BCUT2D eigenvalue weighted by molar-refractivity contribution is 9.11. The van der Waals surface area contributed by atoms with Crippen molar-refractivity contribution in [3.63, 3.8) is 0 Å². The molecule has 0 bridgehead atoms. The Labute approximate surface area is 118 Å². The van der Waals surface area contributed by atoms with Gasteiger partial charge in [0.15, 0.2) is 0 Å². The van der Waals surface area contributed by atoms with Crippen molar-refractivity contribution in [2.45, 2.75) is 33.4 Å². The van der Waals surface area contributed by atoms with Crippen LogP contribution in [0, 0.1) is 6.92 Å². The minimum Gasteiger partial charge on any atom is -0.310 e. The Morgan fingerprint density at radius 2 is 2.12 bits per heavy atom. The van der Waals surface area contributed by atoms with Crippen LogP contribution < -0.4 is 5.32 Å². The average Bonchev–Trinajstić information content (AvgIpc) is 2.82. The van der Waals surface area contributed by atoms with Gasteiger partial charge in [-0.05, 0) is 35.0 Å². The van der Waals surface area contributed by atoms with Crippen LogP contribution in [0.4, 0.5) is 0 Å². The molecule has 0 fully saturated rings. The average molecular weight is 331 g/mol. The molecule has 0 radical (unpaired) electrons. The minimum absolute atomic E-state index is 0.510. The molecular weight excluding hydrogens is 316 g/mol. The van der Waals surface area contributed by atoms with Gasteiger partial charge in [0, 0.05) is 17.5 Å². The van der Waals surface area contributed by atoms with E-state index >= 15 is 0 Å². The van der Waals surface area contributed by atoms with Gasteiger partial charge in [0.1, 0.15) is 5.01 Å². The summed E-state index contributed by atoms with van der Waals surface area (Å²) in [6, 6.07) is 4.70. The van der Waals surface area contributed by atoms with Crippen LogP contribution in [0.1, 0.15) is 24.4 Å². The van der Waals surface area contributed by atoms with Crippen LogP contribution in [-0.4, -0.2) is 11.0 Å². The molecule has 1 N–H and O–H groups in total. The normalized spacial score (nSPS) is 11.4. The number of aryl methyl sites for hydroxylation is 1. The van der Waals surface area contributed by atoms with Gasteiger partial charge in [-0.1, -0.05) is 13.8 Å². The number of hydrogen-bond acceptors (Lipinski definition) is 4. The minimum atomic E-state index is 0.510. The van der Waals surface area contributed by atoms with Gasteiger partial charge in [-0.15, -0.1) is 22.7 Å². The molecule has 0 saturated carbocycles. The summed E-state index contributed by atoms with van der Waals surface area (Å²) in [5.41, 5.74) is 1.14. The number of thiazole rings is 1. The maximum atomic E-state index is 4.64. The van der Waals surface area contributed by atoms with E-state index in [4.69, 9.17) is 0 Å². The number of rotatable bonds is 4. The van der Waals surface area contributed by atoms with Gasteiger partial charge >= 0.3 is 0 Å². The van der Waals surface area contributed by atoms with Crippen molar-refractivity contribution in [3.8, 4) is 9.88 Å². The fraction of sp³-hybridized carbons (Fsp3) is 0.417. The molecule has 0 amide bonds. The molecule has 2 aromatic heterocycles. The van der Waals surface area contributed by atoms with Crippen LogP contribution in [0.3, 0.4) is 0 Å². The SMILES string of the molecule is Cc1nc(-c2ccc(Br)s2)sc1CNC(C)C. The summed E-state index contributed by atoms with van der Waals surface area (Å²) in [5, 5.41) is 4.56. The van der Waals surface area contributed by atoms with E-state index in [2.05, 4.69) is 59.1 Å². The zero-order valence-electron chi connectivity index (χ0n) is 10.1. The zero-order chi connectivity index (χ0) is 12.4. The van der Waals surface area contributed by atoms with Gasteiger partial charge in [0.05, 0.1) is 14.4 Å². The van der Waals surface area contributed by atoms with Crippen molar-refractivity contribution in [1.82, 2.24) is 10.3 Å². The Morgan fingerprint density at radius 3 is 2.71 bits per heavy atom. The van der Waals surface area contributed by atoms with Crippen LogP contribution in [0.25, 0.3) is 9.88 Å². The third-order valence-electron chi connectivity index (χ3n) is 2.35. The molecule has 92 valence electrons. The fourth-order valence-electron chi connectivity index (χ4n) is 1.42. The first-order chi connectivity index (χ1) is 8.06. The van der Waals surface area contributed by atoms with Gasteiger partial charge in [-0.3, -0.25) is 0 Å². The molecule has 0 aliphatic rings. The van der Waals surface area contributed by atoms with E-state index in [9.17, 15) is 0 Å². The largest absolute Gasteiger partial charge is 0.310 e. The predicted molar refractivity (Wildman–Crippen MR) is 79.8 cm³/mol. The highest BCUT2D eigenvalue weighted by atomic mass is 79.9. The summed E-state index contributed by atoms with van der Waals surface area (Å²) in [6.45, 7) is 7.31. The fourth-order valence-corrected chi connectivity index (χ4v) is 3.88. The lowest BCUT2D eigenvalue weighted by molar-refractivity contribution is 0.591. The van der Waals surface area contributed by atoms with Crippen molar-refractivity contribution in [3.05, 3.63) is 26.5 Å². The van der Waals surface area contributed by atoms with Gasteiger partial charge in [0.25, 0.3) is 0 Å². The molecule has 2 heterocycles. The molecule has 5 heteroatoms. The zero-order valence-corrected chi connectivity index (χ0v) is 13.3. The molecule has 0 aliphatic carbocycles. The van der Waals surface area contributed by atoms with Crippen LogP contribution in [-0.2, 0) is 6.54 Å². The summed E-state index contributed by atoms with van der Waals surface area (Å²) in [6.07, 6.45) is 0. The van der Waals surface area contributed by atoms with E-state index in [1.807, 2.05) is 0 Å². The van der Waals surface area contributed by atoms with Crippen LogP contribution in [0.2, 0.25) is 0 Å². The lowest BCUT2D eigenvalue weighted by Crippen LogP contribution is -2.21. The molecule has 0 atom stereocenters. The molecule has 0 spiro atoms. The number of halogens is 1. The molecule has 0 aliphatic heterocycles. The summed E-state index contributed by atoms with van der Waals surface area (Å²) in [7, 11) is 0. The van der Waals surface area contributed by atoms with Crippen molar-refractivity contribution < 1.29 is 0 Å². The van der Waals surface area contributed by atoms with Crippen molar-refractivity contribution in [1.29, 1.82) is 0 Å². The Morgan fingerprint density at radius 1 is 1.35 bits per heavy atom. The molecule has 2 aromatic rings. The van der Waals surface area contributed by atoms with E-state index in [0.717, 1.165) is 21.0 Å². The third-order valence-corrected chi connectivity index (χ3v) is 5.30. The van der Waals surface area contributed by atoms with Crippen molar-refractivity contribution in [2.24, 2.45) is 0 Å². The molecule has 0 unspecified atom stereocenters. The Hall–Kier alpha value is -0.230. The van der Waals surface area contributed by atoms with Crippen molar-refractivity contribution in [2.75, 3.05) is 0 Å². The molecule has 0 aromatic carbocycles. The first kappa shape index (κ1) is 13.2. The molecule has 17 heavy (non-hydrogen) atoms. The van der Waals surface area contributed by atoms with Gasteiger partial charge in [0.2, 0.25) is 0 Å². The highest BCUT2D eigenvalue weighted by Gasteiger charge is 2.11. The number of aromatic nitrogens is 1. The first-order valence-electron chi connectivity index (χ1n) is 5.51. The number of nitrogens with zero attached hydrogens (tertiary/aromatic N) is 1. The van der Waals surface area contributed by atoms with Gasteiger partial charge in [-0.2, -0.15) is 0 Å². The third kappa shape index (κ3) is 3.37. The van der Waals surface area contributed by atoms with Gasteiger partial charge < -0.3 is 5.32 Å². The highest BCUT2D eigenvalue weighted by Crippen LogP contribution is 2.34. The number of nitrogens with one attached hydrogen (secondary N) is 1. The van der Waals surface area contributed by atoms with E-state index in [-0.39, 0.29) is 0 Å². The maximum Gasteiger partial charge on any atom is 0.133 e. The summed E-state index contributed by atoms with van der Waals surface area (Å²) in [5.74, 6) is 0. The molecular formula is C12H15BrN2S2. The monoisotopic (exact) mass is 330 g/mol. The van der Waals surface area contributed by atoms with E-state index in [0.29, 0.717) is 6.04 Å². The van der Waals surface area contributed by atoms with Gasteiger partial charge in [-0.25, -0.2) is 4.98 Å². The lowest BCUT2D eigenvalue weighted by atomic mass is 10.3. The quantitative estimate of drug-likeness (QED) is 0.896. The predicted octanol–water partition coefficient (Wildman–Crippen LogP) is 4.44. The van der Waals surface area contributed by atoms with E-state index in [1.54, 1.807) is 22.7 Å². The topological polar surface area (TPSA) is 24.9 Å².